The van der Waals surface area contributed by atoms with Crippen molar-refractivity contribution in [2.45, 2.75) is 20.1 Å². The van der Waals surface area contributed by atoms with Crippen LogP contribution in [0, 0.1) is 6.92 Å². The molecular weight excluding hydrogens is 451 g/mol. The van der Waals surface area contributed by atoms with Crippen molar-refractivity contribution < 1.29 is 23.7 Å². The number of carbonyl (C=O) groups excluding carboxylic acids is 1. The normalized spacial score (nSPS) is 15.7. The highest BCUT2D eigenvalue weighted by atomic mass is 35.5. The molecule has 0 saturated heterocycles. The second-order valence-corrected chi connectivity index (χ2v) is 8.32. The number of halogens is 2. The zero-order valence-corrected chi connectivity index (χ0v) is 18.6. The summed E-state index contributed by atoms with van der Waals surface area (Å²) in [5.41, 5.74) is 3.66. The summed E-state index contributed by atoms with van der Waals surface area (Å²) in [6.07, 6.45) is 1.66. The van der Waals surface area contributed by atoms with Gasteiger partial charge in [-0.25, -0.2) is 0 Å². The van der Waals surface area contributed by atoms with E-state index in [1.165, 1.54) is 0 Å². The zero-order chi connectivity index (χ0) is 22.2. The lowest BCUT2D eigenvalue weighted by Gasteiger charge is -2.21. The van der Waals surface area contributed by atoms with E-state index in [1.54, 1.807) is 24.3 Å². The third-order valence-corrected chi connectivity index (χ3v) is 5.93. The Morgan fingerprint density at radius 2 is 1.94 bits per heavy atom. The number of ketones is 1. The van der Waals surface area contributed by atoms with Gasteiger partial charge in [-0.05, 0) is 48.9 Å². The van der Waals surface area contributed by atoms with Crippen LogP contribution in [-0.2, 0) is 18.0 Å². The number of hydrogen-bond acceptors (Lipinski definition) is 5. The molecule has 0 amide bonds. The maximum atomic E-state index is 12.8. The summed E-state index contributed by atoms with van der Waals surface area (Å²) in [7, 11) is 0. The standard InChI is InChI=1S/C25H18Cl2O5/c1-14-21(30-12-17-9-18(26)8-16-11-29-13-31-25(16)17)7-6-19-23(28)22(32-24(14)19)10-15-4-2-3-5-20(15)27/h2-10H,11-13H2,1H3/b22-10-. The SMILES string of the molecule is Cc1c(OCc2cc(Cl)cc3c2OCOC3)ccc2c1O/C(=C\c1ccccc1Cl)C2=O. The smallest absolute Gasteiger partial charge is 0.231 e. The Morgan fingerprint density at radius 1 is 1.09 bits per heavy atom. The predicted octanol–water partition coefficient (Wildman–Crippen LogP) is 6.36. The molecule has 0 aliphatic carbocycles. The van der Waals surface area contributed by atoms with Crippen LogP contribution >= 0.6 is 23.2 Å². The average molecular weight is 469 g/mol. The van der Waals surface area contributed by atoms with E-state index in [4.69, 9.17) is 42.1 Å². The van der Waals surface area contributed by atoms with E-state index in [9.17, 15) is 4.79 Å². The monoisotopic (exact) mass is 468 g/mol. The van der Waals surface area contributed by atoms with Gasteiger partial charge in [0.05, 0.1) is 12.2 Å². The second-order valence-electron chi connectivity index (χ2n) is 7.48. The molecule has 32 heavy (non-hydrogen) atoms. The Kier molecular flexibility index (Phi) is 5.55. The molecule has 5 rings (SSSR count). The van der Waals surface area contributed by atoms with Crippen LogP contribution in [0.1, 0.15) is 32.6 Å². The highest BCUT2D eigenvalue weighted by Crippen LogP contribution is 2.40. The number of allylic oxidation sites excluding steroid dienone is 1. The lowest BCUT2D eigenvalue weighted by atomic mass is 10.1. The Hall–Kier alpha value is -2.99. The van der Waals surface area contributed by atoms with Crippen LogP contribution in [-0.4, -0.2) is 12.6 Å². The molecule has 5 nitrogen and oxygen atoms in total. The van der Waals surface area contributed by atoms with Crippen LogP contribution in [0.3, 0.4) is 0 Å². The lowest BCUT2D eigenvalue weighted by molar-refractivity contribution is -0.0175. The first-order valence-corrected chi connectivity index (χ1v) is 10.7. The van der Waals surface area contributed by atoms with E-state index >= 15 is 0 Å². The van der Waals surface area contributed by atoms with Crippen LogP contribution in [0.4, 0.5) is 0 Å². The number of Topliss-reactive ketones (excluding diaryl/α,β-unsaturated/α-hetero) is 1. The summed E-state index contributed by atoms with van der Waals surface area (Å²) < 4.78 is 23.0. The fourth-order valence-corrected chi connectivity index (χ4v) is 4.23. The minimum absolute atomic E-state index is 0.188. The van der Waals surface area contributed by atoms with E-state index < -0.39 is 0 Å². The fourth-order valence-electron chi connectivity index (χ4n) is 3.78. The maximum Gasteiger partial charge on any atom is 0.231 e. The summed E-state index contributed by atoms with van der Waals surface area (Å²) in [5.74, 6) is 1.87. The van der Waals surface area contributed by atoms with Crippen molar-refractivity contribution in [3.8, 4) is 17.2 Å². The third-order valence-electron chi connectivity index (χ3n) is 5.36. The number of fused-ring (bicyclic) bond motifs is 2. The molecule has 0 saturated carbocycles. The van der Waals surface area contributed by atoms with E-state index in [0.29, 0.717) is 39.3 Å². The molecule has 3 aromatic rings. The fraction of sp³-hybridized carbons (Fsp3) is 0.160. The molecule has 2 heterocycles. The molecule has 0 bridgehead atoms. The van der Waals surface area contributed by atoms with Crippen LogP contribution < -0.4 is 14.2 Å². The molecule has 7 heteroatoms. The summed E-state index contributed by atoms with van der Waals surface area (Å²) in [4.78, 5) is 12.8. The Balaban J connectivity index is 1.40. The van der Waals surface area contributed by atoms with Gasteiger partial charge in [0.2, 0.25) is 5.78 Å². The highest BCUT2D eigenvalue weighted by Gasteiger charge is 2.30. The van der Waals surface area contributed by atoms with Crippen LogP contribution in [0.2, 0.25) is 10.0 Å². The molecule has 3 aromatic carbocycles. The first-order chi connectivity index (χ1) is 15.5. The lowest BCUT2D eigenvalue weighted by Crippen LogP contribution is -2.14. The average Bonchev–Trinajstić information content (AvgIpc) is 3.11. The molecule has 0 N–H and O–H groups in total. The molecule has 162 valence electrons. The molecule has 0 fully saturated rings. The van der Waals surface area contributed by atoms with Crippen LogP contribution in [0.25, 0.3) is 6.08 Å². The van der Waals surface area contributed by atoms with E-state index in [1.807, 2.05) is 37.3 Å². The molecule has 0 spiro atoms. The predicted molar refractivity (Wildman–Crippen MR) is 122 cm³/mol. The summed E-state index contributed by atoms with van der Waals surface area (Å²) >= 11 is 12.5. The first kappa shape index (κ1) is 20.9. The van der Waals surface area contributed by atoms with Crippen molar-refractivity contribution in [1.29, 1.82) is 0 Å². The molecular formula is C25H18Cl2O5. The number of ether oxygens (including phenoxy) is 4. The number of rotatable bonds is 4. The van der Waals surface area contributed by atoms with Gasteiger partial charge in [0.15, 0.2) is 12.6 Å². The van der Waals surface area contributed by atoms with Gasteiger partial charge in [-0.2, -0.15) is 0 Å². The highest BCUT2D eigenvalue weighted by molar-refractivity contribution is 6.32. The molecule has 0 aromatic heterocycles. The Morgan fingerprint density at radius 3 is 2.78 bits per heavy atom. The molecule has 2 aliphatic rings. The largest absolute Gasteiger partial charge is 0.488 e. The van der Waals surface area contributed by atoms with Crippen molar-refractivity contribution in [2.75, 3.05) is 6.79 Å². The summed E-state index contributed by atoms with van der Waals surface area (Å²) in [5, 5.41) is 1.14. The number of carbonyl (C=O) groups is 1. The van der Waals surface area contributed by atoms with Crippen LogP contribution in [0.5, 0.6) is 17.2 Å². The molecule has 0 atom stereocenters. The van der Waals surface area contributed by atoms with Gasteiger partial charge in [-0.3, -0.25) is 4.79 Å². The van der Waals surface area contributed by atoms with Gasteiger partial charge in [-0.15, -0.1) is 0 Å². The third kappa shape index (κ3) is 3.84. The van der Waals surface area contributed by atoms with Crippen LogP contribution in [0.15, 0.2) is 54.3 Å². The Labute approximate surface area is 195 Å². The minimum Gasteiger partial charge on any atom is -0.488 e. The van der Waals surface area contributed by atoms with Gasteiger partial charge >= 0.3 is 0 Å². The number of hydrogen-bond donors (Lipinski definition) is 0. The van der Waals surface area contributed by atoms with Crippen molar-refractivity contribution in [1.82, 2.24) is 0 Å². The molecule has 0 unspecified atom stereocenters. The first-order valence-electron chi connectivity index (χ1n) is 9.98. The summed E-state index contributed by atoms with van der Waals surface area (Å²) in [6.45, 7) is 2.74. The van der Waals surface area contributed by atoms with Crippen molar-refractivity contribution in [3.05, 3.63) is 92.2 Å². The maximum absolute atomic E-state index is 12.8. The van der Waals surface area contributed by atoms with Gasteiger partial charge in [0.1, 0.15) is 23.9 Å². The van der Waals surface area contributed by atoms with Crippen molar-refractivity contribution in [3.63, 3.8) is 0 Å². The minimum atomic E-state index is -0.188. The quantitative estimate of drug-likeness (QED) is 0.416. The second kappa shape index (κ2) is 8.51. The Bertz CT molecular complexity index is 1270. The van der Waals surface area contributed by atoms with Gasteiger partial charge in [-0.1, -0.05) is 41.4 Å². The van der Waals surface area contributed by atoms with Crippen molar-refractivity contribution >= 4 is 35.1 Å². The van der Waals surface area contributed by atoms with Gasteiger partial charge in [0, 0.05) is 26.7 Å². The van der Waals surface area contributed by atoms with E-state index in [2.05, 4.69) is 0 Å². The van der Waals surface area contributed by atoms with E-state index in [-0.39, 0.29) is 24.9 Å². The number of benzene rings is 3. The van der Waals surface area contributed by atoms with Crippen molar-refractivity contribution in [2.24, 2.45) is 0 Å². The zero-order valence-electron chi connectivity index (χ0n) is 17.1. The molecule has 2 aliphatic heterocycles. The summed E-state index contributed by atoms with van der Waals surface area (Å²) in [6, 6.07) is 14.4. The van der Waals surface area contributed by atoms with E-state index in [0.717, 1.165) is 22.4 Å². The van der Waals surface area contributed by atoms with Gasteiger partial charge < -0.3 is 18.9 Å². The molecule has 0 radical (unpaired) electrons. The van der Waals surface area contributed by atoms with Gasteiger partial charge in [0.25, 0.3) is 0 Å². The topological polar surface area (TPSA) is 54.0 Å².